The summed E-state index contributed by atoms with van der Waals surface area (Å²) in [4.78, 5) is 45.4. The fourth-order valence-corrected chi connectivity index (χ4v) is 9.49. The van der Waals surface area contributed by atoms with Crippen LogP contribution in [0.5, 0.6) is 0 Å². The number of hydrogen-bond donors (Lipinski definition) is 2. The summed E-state index contributed by atoms with van der Waals surface area (Å²) in [6.07, 6.45) is 1.11. The van der Waals surface area contributed by atoms with Crippen LogP contribution in [0.25, 0.3) is 0 Å². The Balaban J connectivity index is 1.32. The summed E-state index contributed by atoms with van der Waals surface area (Å²) in [5.74, 6) is -1.21. The topological polar surface area (TPSA) is 127 Å². The summed E-state index contributed by atoms with van der Waals surface area (Å²) in [5, 5.41) is 19.3. The normalized spacial score (nSPS) is 58.6. The van der Waals surface area contributed by atoms with Crippen molar-refractivity contribution >= 4 is 24.9 Å². The van der Waals surface area contributed by atoms with Gasteiger partial charge in [0, 0.05) is 11.8 Å². The van der Waals surface area contributed by atoms with E-state index in [9.17, 15) is 29.4 Å². The number of carboxylic acid groups (broad SMARTS) is 2. The van der Waals surface area contributed by atoms with E-state index in [0.29, 0.717) is 36.6 Å². The molecule has 14 atom stereocenters. The lowest BCUT2D eigenvalue weighted by atomic mass is 9.44. The van der Waals surface area contributed by atoms with Gasteiger partial charge in [0.15, 0.2) is 0 Å². The van der Waals surface area contributed by atoms with Crippen molar-refractivity contribution in [2.45, 2.75) is 25.0 Å². The van der Waals surface area contributed by atoms with Crippen LogP contribution in [0, 0.1) is 71.0 Å². The molecule has 0 aliphatic heterocycles. The molecule has 6 rings (SSSR count). The molecule has 14 unspecified atom stereocenters. The smallest absolute Gasteiger partial charge is 0.307 e. The Kier molecular flexibility index (Phi) is 3.16. The molecular formula is C20H22O8. The van der Waals surface area contributed by atoms with E-state index in [1.165, 1.54) is 0 Å². The SMILES string of the molecule is O=COC1C(OC=O)C2C3CC(C4C5CC(C34)C3C(C(=O)O)C(C(=O)O)C53)C12. The molecule has 28 heavy (non-hydrogen) atoms. The van der Waals surface area contributed by atoms with Crippen LogP contribution in [0.3, 0.4) is 0 Å². The van der Waals surface area contributed by atoms with Crippen LogP contribution < -0.4 is 0 Å². The maximum Gasteiger partial charge on any atom is 0.307 e. The average Bonchev–Trinajstić information content (AvgIpc) is 3.30. The zero-order valence-electron chi connectivity index (χ0n) is 15.0. The highest BCUT2D eigenvalue weighted by Gasteiger charge is 2.80. The molecule has 0 amide bonds. The van der Waals surface area contributed by atoms with Crippen molar-refractivity contribution in [3.05, 3.63) is 0 Å². The third-order valence-corrected chi connectivity index (χ3v) is 9.67. The fourth-order valence-electron chi connectivity index (χ4n) is 9.49. The first-order chi connectivity index (χ1) is 13.5. The minimum atomic E-state index is -0.982. The van der Waals surface area contributed by atoms with Crippen LogP contribution in [-0.4, -0.2) is 47.3 Å². The lowest BCUT2D eigenvalue weighted by Crippen LogP contribution is -2.66. The number of hydrogen-bond acceptors (Lipinski definition) is 6. The first-order valence-electron chi connectivity index (χ1n) is 10.1. The van der Waals surface area contributed by atoms with Crippen LogP contribution in [-0.2, 0) is 28.7 Å². The summed E-state index contributed by atoms with van der Waals surface area (Å²) in [6, 6.07) is 0. The first-order valence-corrected chi connectivity index (χ1v) is 10.1. The molecule has 6 aliphatic carbocycles. The molecule has 6 saturated carbocycles. The Morgan fingerprint density at radius 2 is 1.00 bits per heavy atom. The molecule has 2 N–H and O–H groups in total. The van der Waals surface area contributed by atoms with E-state index >= 15 is 0 Å². The van der Waals surface area contributed by atoms with Crippen molar-refractivity contribution in [2.24, 2.45) is 71.0 Å². The quantitative estimate of drug-likeness (QED) is 0.496. The van der Waals surface area contributed by atoms with Gasteiger partial charge in [-0.25, -0.2) is 0 Å². The van der Waals surface area contributed by atoms with Gasteiger partial charge in [-0.3, -0.25) is 19.2 Å². The summed E-state index contributed by atoms with van der Waals surface area (Å²) >= 11 is 0. The highest BCUT2D eigenvalue weighted by Crippen LogP contribution is 2.80. The van der Waals surface area contributed by atoms with Gasteiger partial charge in [0.2, 0.25) is 0 Å². The van der Waals surface area contributed by atoms with E-state index in [1.54, 1.807) is 0 Å². The molecule has 8 heteroatoms. The molecule has 0 radical (unpaired) electrons. The third-order valence-electron chi connectivity index (χ3n) is 9.67. The van der Waals surface area contributed by atoms with Crippen molar-refractivity contribution < 1.29 is 38.9 Å². The molecule has 0 saturated heterocycles. The maximum atomic E-state index is 11.8. The first kappa shape index (κ1) is 16.8. The van der Waals surface area contributed by atoms with Crippen molar-refractivity contribution in [3.8, 4) is 0 Å². The van der Waals surface area contributed by atoms with E-state index in [2.05, 4.69) is 0 Å². The van der Waals surface area contributed by atoms with Gasteiger partial charge in [-0.15, -0.1) is 0 Å². The van der Waals surface area contributed by atoms with Crippen molar-refractivity contribution in [3.63, 3.8) is 0 Å². The number of carbonyl (C=O) groups is 4. The van der Waals surface area contributed by atoms with Gasteiger partial charge in [-0.05, 0) is 60.2 Å². The van der Waals surface area contributed by atoms with Crippen molar-refractivity contribution in [1.29, 1.82) is 0 Å². The van der Waals surface area contributed by atoms with Crippen molar-refractivity contribution in [2.75, 3.05) is 0 Å². The number of ether oxygens (including phenoxy) is 2. The molecule has 8 nitrogen and oxygen atoms in total. The Hall–Kier alpha value is -2.12. The van der Waals surface area contributed by atoms with Crippen LogP contribution in [0.1, 0.15) is 12.8 Å². The average molecular weight is 390 g/mol. The molecule has 6 aliphatic rings. The summed E-state index contributed by atoms with van der Waals surface area (Å²) in [7, 11) is 0. The van der Waals surface area contributed by atoms with Crippen LogP contribution >= 0.6 is 0 Å². The molecule has 6 fully saturated rings. The van der Waals surface area contributed by atoms with Gasteiger partial charge in [0.25, 0.3) is 12.9 Å². The van der Waals surface area contributed by atoms with E-state index in [4.69, 9.17) is 9.47 Å². The summed E-state index contributed by atoms with van der Waals surface area (Å²) < 4.78 is 10.5. The molecule has 0 spiro atoms. The molecule has 0 aromatic rings. The van der Waals surface area contributed by atoms with E-state index in [-0.39, 0.29) is 35.5 Å². The lowest BCUT2D eigenvalue weighted by Gasteiger charge is -2.60. The summed E-state index contributed by atoms with van der Waals surface area (Å²) in [5.41, 5.74) is 0. The number of aliphatic carboxylic acids is 2. The molecular weight excluding hydrogens is 368 g/mol. The Labute approximate surface area is 160 Å². The highest BCUT2D eigenvalue weighted by atomic mass is 16.6. The standard InChI is InChI=1S/C20H22O8/c21-3-27-17-13-7-2-8(14(13)18(17)28-4-22)10-6-1-5(9(7)10)11-12(6)16(20(25)26)15(11)19(23)24/h3-18H,1-2H2,(H,23,24)(H,25,26). The third kappa shape index (κ3) is 1.62. The largest absolute Gasteiger partial charge is 0.481 e. The minimum absolute atomic E-state index is 0.0322. The number of carboxylic acids is 2. The van der Waals surface area contributed by atoms with Crippen molar-refractivity contribution in [1.82, 2.24) is 0 Å². The predicted octanol–water partition coefficient (Wildman–Crippen LogP) is 0.495. The Morgan fingerprint density at radius 1 is 0.643 bits per heavy atom. The van der Waals surface area contributed by atoms with Gasteiger partial charge in [0.1, 0.15) is 12.2 Å². The maximum absolute atomic E-state index is 11.8. The van der Waals surface area contributed by atoms with Crippen LogP contribution in [0.4, 0.5) is 0 Å². The Morgan fingerprint density at radius 3 is 1.32 bits per heavy atom. The zero-order valence-corrected chi connectivity index (χ0v) is 15.0. The number of rotatable bonds is 6. The van der Waals surface area contributed by atoms with E-state index in [0.717, 1.165) is 12.8 Å². The van der Waals surface area contributed by atoms with Crippen LogP contribution in [0.15, 0.2) is 0 Å². The van der Waals surface area contributed by atoms with E-state index in [1.807, 2.05) is 0 Å². The number of fused-ring (bicyclic) bond motifs is 15. The highest BCUT2D eigenvalue weighted by molar-refractivity contribution is 5.83. The fraction of sp³-hybridized carbons (Fsp3) is 0.800. The molecule has 4 bridgehead atoms. The second kappa shape index (κ2) is 5.27. The van der Waals surface area contributed by atoms with E-state index < -0.39 is 36.0 Å². The molecule has 0 aromatic heterocycles. The molecule has 0 aromatic carbocycles. The zero-order chi connectivity index (χ0) is 19.5. The van der Waals surface area contributed by atoms with Gasteiger partial charge >= 0.3 is 11.9 Å². The molecule has 150 valence electrons. The molecule has 0 heterocycles. The van der Waals surface area contributed by atoms with Crippen LogP contribution in [0.2, 0.25) is 0 Å². The van der Waals surface area contributed by atoms with Gasteiger partial charge in [0.05, 0.1) is 11.8 Å². The second-order valence-electron chi connectivity index (χ2n) is 9.71. The second-order valence-corrected chi connectivity index (χ2v) is 9.71. The minimum Gasteiger partial charge on any atom is -0.481 e. The Bertz CT molecular complexity index is 718. The van der Waals surface area contributed by atoms with Gasteiger partial charge < -0.3 is 19.7 Å². The monoisotopic (exact) mass is 390 g/mol. The van der Waals surface area contributed by atoms with Gasteiger partial charge in [-0.1, -0.05) is 0 Å². The number of carbonyl (C=O) groups excluding carboxylic acids is 2. The van der Waals surface area contributed by atoms with Gasteiger partial charge in [-0.2, -0.15) is 0 Å². The predicted molar refractivity (Wildman–Crippen MR) is 88.3 cm³/mol. The lowest BCUT2D eigenvalue weighted by molar-refractivity contribution is -0.229. The summed E-state index contributed by atoms with van der Waals surface area (Å²) in [6.45, 7) is 0.846.